The molecule has 31 heavy (non-hydrogen) atoms. The number of hydrogen-bond donors (Lipinski definition) is 2. The van der Waals surface area contributed by atoms with Gasteiger partial charge in [0.2, 0.25) is 0 Å². The van der Waals surface area contributed by atoms with Crippen LogP contribution in [0.2, 0.25) is 0 Å². The Morgan fingerprint density at radius 3 is 2.55 bits per heavy atom. The third-order valence-electron chi connectivity index (χ3n) is 5.62. The highest BCUT2D eigenvalue weighted by atomic mass is 127. The van der Waals surface area contributed by atoms with Gasteiger partial charge < -0.3 is 15.0 Å². The van der Waals surface area contributed by atoms with E-state index in [0.717, 1.165) is 20.4 Å². The molecule has 2 heterocycles. The lowest BCUT2D eigenvalue weighted by Gasteiger charge is -2.45. The van der Waals surface area contributed by atoms with Crippen molar-refractivity contribution in [1.82, 2.24) is 14.9 Å². The van der Waals surface area contributed by atoms with Crippen LogP contribution in [0.5, 0.6) is 0 Å². The molecular weight excluding hydrogens is 510 g/mol. The third-order valence-corrected chi connectivity index (χ3v) is 6.40. The van der Waals surface area contributed by atoms with Crippen LogP contribution < -0.4 is 0 Å². The Labute approximate surface area is 192 Å². The summed E-state index contributed by atoms with van der Waals surface area (Å²) in [6, 6.07) is 12.1. The van der Waals surface area contributed by atoms with Gasteiger partial charge in [0.1, 0.15) is 21.8 Å². The number of aryl methyl sites for hydroxylation is 2. The molecule has 158 valence electrons. The lowest BCUT2D eigenvalue weighted by molar-refractivity contribution is -0.0231. The standard InChI is InChI=1S/C23H20FIN4O2/c1-13-7-14(2)18(8-17(13)20-21(25)28-19(10-30)27-20)22(31)29-11-23(24,12-29)16-5-3-15(9-26)4-6-16/h3-8,30H,10-12H2,1-2H3,(H,27,28). The van der Waals surface area contributed by atoms with Gasteiger partial charge in [-0.3, -0.25) is 4.79 Å². The molecule has 0 aliphatic carbocycles. The number of H-pyrrole nitrogens is 1. The maximum absolute atomic E-state index is 15.3. The van der Waals surface area contributed by atoms with Gasteiger partial charge in [0.15, 0.2) is 5.67 Å². The molecule has 1 aliphatic heterocycles. The minimum Gasteiger partial charge on any atom is -0.388 e. The van der Waals surface area contributed by atoms with E-state index in [1.807, 2.05) is 26.0 Å². The summed E-state index contributed by atoms with van der Waals surface area (Å²) >= 11 is 2.12. The molecule has 1 saturated heterocycles. The highest BCUT2D eigenvalue weighted by Crippen LogP contribution is 2.38. The first-order chi connectivity index (χ1) is 14.8. The summed E-state index contributed by atoms with van der Waals surface area (Å²) in [6.07, 6.45) is 0. The van der Waals surface area contributed by atoms with Gasteiger partial charge in [-0.2, -0.15) is 5.26 Å². The van der Waals surface area contributed by atoms with Crippen molar-refractivity contribution in [2.75, 3.05) is 13.1 Å². The first kappa shape index (κ1) is 21.5. The van der Waals surface area contributed by atoms with Crippen molar-refractivity contribution < 1.29 is 14.3 Å². The van der Waals surface area contributed by atoms with Crippen molar-refractivity contribution in [3.05, 3.63) is 73.7 Å². The number of hydrogen-bond acceptors (Lipinski definition) is 4. The van der Waals surface area contributed by atoms with Gasteiger partial charge in [-0.25, -0.2) is 9.37 Å². The third kappa shape index (κ3) is 3.83. The molecule has 0 radical (unpaired) electrons. The molecule has 1 aromatic heterocycles. The molecule has 0 saturated carbocycles. The zero-order valence-corrected chi connectivity index (χ0v) is 19.2. The first-order valence-electron chi connectivity index (χ1n) is 9.71. The van der Waals surface area contributed by atoms with Crippen molar-refractivity contribution in [1.29, 1.82) is 5.26 Å². The second-order valence-electron chi connectivity index (χ2n) is 7.80. The Kier molecular flexibility index (Phi) is 5.58. The number of amides is 1. The number of likely N-dealkylation sites (tertiary alicyclic amines) is 1. The minimum absolute atomic E-state index is 0.0328. The number of nitriles is 1. The van der Waals surface area contributed by atoms with Gasteiger partial charge in [-0.15, -0.1) is 0 Å². The number of nitrogens with zero attached hydrogens (tertiary/aromatic N) is 3. The fourth-order valence-corrected chi connectivity index (χ4v) is 4.61. The van der Waals surface area contributed by atoms with Gasteiger partial charge in [0.25, 0.3) is 5.91 Å². The van der Waals surface area contributed by atoms with Crippen molar-refractivity contribution in [2.45, 2.75) is 26.1 Å². The fourth-order valence-electron chi connectivity index (χ4n) is 3.89. The zero-order chi connectivity index (χ0) is 22.3. The normalized spacial score (nSPS) is 14.8. The highest BCUT2D eigenvalue weighted by molar-refractivity contribution is 14.1. The molecule has 8 heteroatoms. The maximum Gasteiger partial charge on any atom is 0.254 e. The predicted molar refractivity (Wildman–Crippen MR) is 122 cm³/mol. The number of rotatable bonds is 4. The molecule has 2 aromatic carbocycles. The number of aliphatic hydroxyl groups excluding tert-OH is 1. The summed E-state index contributed by atoms with van der Waals surface area (Å²) < 4.78 is 16.1. The van der Waals surface area contributed by atoms with Gasteiger partial charge in [0.05, 0.1) is 24.7 Å². The van der Waals surface area contributed by atoms with Crippen LogP contribution in [0.1, 0.15) is 38.4 Å². The smallest absolute Gasteiger partial charge is 0.254 e. The molecule has 0 spiro atoms. The summed E-state index contributed by atoms with van der Waals surface area (Å²) in [5.41, 5.74) is 3.09. The number of benzene rings is 2. The summed E-state index contributed by atoms with van der Waals surface area (Å²) in [5, 5.41) is 18.3. The van der Waals surface area contributed by atoms with Gasteiger partial charge in [-0.1, -0.05) is 18.2 Å². The van der Waals surface area contributed by atoms with E-state index in [1.54, 1.807) is 30.3 Å². The minimum atomic E-state index is -1.61. The monoisotopic (exact) mass is 530 g/mol. The van der Waals surface area contributed by atoms with Crippen LogP contribution in [0, 0.1) is 28.9 Å². The molecule has 1 fully saturated rings. The fraction of sp³-hybridized carbons (Fsp3) is 0.261. The average Bonchev–Trinajstić information content (AvgIpc) is 3.11. The van der Waals surface area contributed by atoms with Crippen LogP contribution >= 0.6 is 22.6 Å². The number of halogens is 2. The van der Waals surface area contributed by atoms with Crippen LogP contribution in [0.15, 0.2) is 36.4 Å². The van der Waals surface area contributed by atoms with Crippen LogP contribution in [0.3, 0.4) is 0 Å². The van der Waals surface area contributed by atoms with Gasteiger partial charge in [-0.05, 0) is 71.3 Å². The first-order valence-corrected chi connectivity index (χ1v) is 10.8. The molecule has 6 nitrogen and oxygen atoms in total. The van der Waals surface area contributed by atoms with Crippen LogP contribution in [-0.4, -0.2) is 39.0 Å². The van der Waals surface area contributed by atoms with E-state index >= 15 is 4.39 Å². The highest BCUT2D eigenvalue weighted by Gasteiger charge is 2.47. The Bertz CT molecular complexity index is 1210. The lowest BCUT2D eigenvalue weighted by atomic mass is 9.86. The number of nitrogens with one attached hydrogen (secondary N) is 1. The molecule has 1 amide bonds. The van der Waals surface area contributed by atoms with E-state index < -0.39 is 5.67 Å². The molecule has 2 N–H and O–H groups in total. The lowest BCUT2D eigenvalue weighted by Crippen LogP contribution is -2.58. The Balaban J connectivity index is 1.59. The number of aliphatic hydroxyl groups is 1. The van der Waals surface area contributed by atoms with E-state index in [2.05, 4.69) is 32.6 Å². The second kappa shape index (κ2) is 8.05. The van der Waals surface area contributed by atoms with E-state index in [4.69, 9.17) is 5.26 Å². The van der Waals surface area contributed by atoms with E-state index in [-0.39, 0.29) is 25.6 Å². The van der Waals surface area contributed by atoms with Crippen molar-refractivity contribution in [3.8, 4) is 17.3 Å². The SMILES string of the molecule is Cc1cc(C)c(-c2nc(CO)[nH]c2I)cc1C(=O)N1CC(F)(c2ccc(C#N)cc2)C1. The quantitative estimate of drug-likeness (QED) is 0.500. The number of aromatic amines is 1. The molecule has 1 aliphatic rings. The van der Waals surface area contributed by atoms with E-state index in [0.29, 0.717) is 28.2 Å². The van der Waals surface area contributed by atoms with Gasteiger partial charge in [0, 0.05) is 11.1 Å². The average molecular weight is 530 g/mol. The Morgan fingerprint density at radius 1 is 1.29 bits per heavy atom. The molecule has 0 unspecified atom stereocenters. The summed E-state index contributed by atoms with van der Waals surface area (Å²) in [6.45, 7) is 3.54. The number of alkyl halides is 1. The Hall–Kier alpha value is -2.77. The van der Waals surface area contributed by atoms with Crippen molar-refractivity contribution in [3.63, 3.8) is 0 Å². The molecule has 0 bridgehead atoms. The number of aromatic nitrogens is 2. The Morgan fingerprint density at radius 2 is 1.97 bits per heavy atom. The number of carbonyl (C=O) groups is 1. The number of carbonyl (C=O) groups excluding carboxylic acids is 1. The predicted octanol–water partition coefficient (Wildman–Crippen LogP) is 3.98. The molecule has 3 aromatic rings. The zero-order valence-electron chi connectivity index (χ0n) is 17.0. The van der Waals surface area contributed by atoms with Gasteiger partial charge >= 0.3 is 0 Å². The molecule has 4 rings (SSSR count). The summed E-state index contributed by atoms with van der Waals surface area (Å²) in [5.74, 6) is 0.230. The molecule has 0 atom stereocenters. The summed E-state index contributed by atoms with van der Waals surface area (Å²) in [7, 11) is 0. The van der Waals surface area contributed by atoms with Crippen molar-refractivity contribution >= 4 is 28.5 Å². The van der Waals surface area contributed by atoms with Crippen LogP contribution in [0.4, 0.5) is 4.39 Å². The van der Waals surface area contributed by atoms with Crippen LogP contribution in [-0.2, 0) is 12.3 Å². The van der Waals surface area contributed by atoms with E-state index in [9.17, 15) is 9.90 Å². The number of imidazole rings is 1. The van der Waals surface area contributed by atoms with E-state index in [1.165, 1.54) is 4.90 Å². The topological polar surface area (TPSA) is 93.0 Å². The maximum atomic E-state index is 15.3. The van der Waals surface area contributed by atoms with Crippen molar-refractivity contribution in [2.24, 2.45) is 0 Å². The molecular formula is C23H20FIN4O2. The second-order valence-corrected chi connectivity index (χ2v) is 8.88. The van der Waals surface area contributed by atoms with Crippen LogP contribution in [0.25, 0.3) is 11.3 Å². The summed E-state index contributed by atoms with van der Waals surface area (Å²) in [4.78, 5) is 22.1. The largest absolute Gasteiger partial charge is 0.388 e.